The zero-order chi connectivity index (χ0) is 9.26. The Morgan fingerprint density at radius 3 is 3.23 bits per heavy atom. The average molecular weight is 182 g/mol. The van der Waals surface area contributed by atoms with Gasteiger partial charge in [-0.3, -0.25) is 14.8 Å². The minimum atomic E-state index is -0.202. The summed E-state index contributed by atoms with van der Waals surface area (Å²) in [6.45, 7) is 1.15. The van der Waals surface area contributed by atoms with Crippen molar-refractivity contribution in [3.05, 3.63) is 0 Å². The van der Waals surface area contributed by atoms with Crippen molar-refractivity contribution < 1.29 is 9.90 Å². The zero-order valence-electron chi connectivity index (χ0n) is 7.03. The first-order valence-corrected chi connectivity index (χ1v) is 4.08. The molecule has 1 fully saturated rings. The molecule has 6 nitrogen and oxygen atoms in total. The Labute approximate surface area is 74.9 Å². The molecule has 0 atom stereocenters. The molecule has 2 rings (SSSR count). The summed E-state index contributed by atoms with van der Waals surface area (Å²) in [6, 6.07) is 0. The number of aliphatic hydroxyl groups excluding tert-OH is 1. The van der Waals surface area contributed by atoms with Crippen LogP contribution in [0.2, 0.25) is 0 Å². The fourth-order valence-corrected chi connectivity index (χ4v) is 1.36. The Bertz CT molecular complexity index is 297. The molecule has 2 N–H and O–H groups in total. The Morgan fingerprint density at radius 1 is 1.62 bits per heavy atom. The predicted molar refractivity (Wildman–Crippen MR) is 46.5 cm³/mol. The zero-order valence-corrected chi connectivity index (χ0v) is 7.03. The van der Waals surface area contributed by atoms with Crippen LogP contribution in [0.25, 0.3) is 0 Å². The van der Waals surface area contributed by atoms with Crippen LogP contribution in [0.3, 0.4) is 0 Å². The van der Waals surface area contributed by atoms with Crippen LogP contribution in [0.1, 0.15) is 0 Å². The number of nitrogens with one attached hydrogen (secondary N) is 1. The maximum Gasteiger partial charge on any atom is 0.267 e. The van der Waals surface area contributed by atoms with Crippen LogP contribution in [0.5, 0.6) is 0 Å². The van der Waals surface area contributed by atoms with E-state index >= 15 is 0 Å². The van der Waals surface area contributed by atoms with Gasteiger partial charge in [-0.1, -0.05) is 0 Å². The minimum absolute atomic E-state index is 0.0489. The van der Waals surface area contributed by atoms with Gasteiger partial charge >= 0.3 is 0 Å². The molecule has 0 radical (unpaired) electrons. The van der Waals surface area contributed by atoms with Crippen LogP contribution >= 0.6 is 0 Å². The third kappa shape index (κ3) is 1.45. The lowest BCUT2D eigenvalue weighted by Gasteiger charge is -2.17. The molecule has 13 heavy (non-hydrogen) atoms. The molecule has 2 heterocycles. The predicted octanol–water partition coefficient (Wildman–Crippen LogP) is -1.82. The van der Waals surface area contributed by atoms with Gasteiger partial charge in [0.2, 0.25) is 0 Å². The number of β-amino-alcohol motifs (C(OH)–C–C–N with tert-alkyl or cyclic N) is 1. The van der Waals surface area contributed by atoms with E-state index in [0.29, 0.717) is 24.6 Å². The first-order chi connectivity index (χ1) is 6.31. The molecule has 0 bridgehead atoms. The highest BCUT2D eigenvalue weighted by atomic mass is 16.3. The molecule has 70 valence electrons. The number of amides is 1. The Kier molecular flexibility index (Phi) is 2.07. The number of hydrazine groups is 1. The summed E-state index contributed by atoms with van der Waals surface area (Å²) < 4.78 is 0. The quantitative estimate of drug-likeness (QED) is 0.527. The van der Waals surface area contributed by atoms with Crippen LogP contribution in [0, 0.1) is 0 Å². The molecule has 0 aliphatic carbocycles. The van der Waals surface area contributed by atoms with E-state index in [2.05, 4.69) is 15.4 Å². The Balaban J connectivity index is 2.17. The van der Waals surface area contributed by atoms with E-state index in [-0.39, 0.29) is 19.1 Å². The number of carbonyl (C=O) groups is 1. The van der Waals surface area contributed by atoms with Gasteiger partial charge in [-0.25, -0.2) is 10.4 Å². The van der Waals surface area contributed by atoms with Crippen LogP contribution in [0.4, 0.5) is 0 Å². The lowest BCUT2D eigenvalue weighted by molar-refractivity contribution is -0.116. The summed E-state index contributed by atoms with van der Waals surface area (Å²) in [5, 5.41) is 10.4. The fourth-order valence-electron chi connectivity index (χ4n) is 1.36. The number of aliphatic hydroxyl groups is 1. The lowest BCUT2D eigenvalue weighted by atomic mass is 10.3. The molecule has 0 spiro atoms. The number of amidine groups is 1. The van der Waals surface area contributed by atoms with Gasteiger partial charge in [-0.2, -0.15) is 0 Å². The van der Waals surface area contributed by atoms with Crippen molar-refractivity contribution in [3.8, 4) is 0 Å². The normalized spacial score (nSPS) is 21.3. The number of carbonyl (C=O) groups excluding carboxylic acids is 1. The van der Waals surface area contributed by atoms with Gasteiger partial charge in [0, 0.05) is 0 Å². The molecule has 0 unspecified atom stereocenters. The topological polar surface area (TPSA) is 77.3 Å². The van der Waals surface area contributed by atoms with E-state index in [1.807, 2.05) is 0 Å². The maximum absolute atomic E-state index is 10.9. The molecule has 1 amide bonds. The van der Waals surface area contributed by atoms with Gasteiger partial charge in [0.1, 0.15) is 12.3 Å². The molecule has 0 aromatic carbocycles. The number of hydrogen-bond donors (Lipinski definition) is 2. The second-order valence-corrected chi connectivity index (χ2v) is 2.80. The third-order valence-electron chi connectivity index (χ3n) is 1.90. The molecule has 0 aromatic heterocycles. The summed E-state index contributed by atoms with van der Waals surface area (Å²) in [4.78, 5) is 18.8. The van der Waals surface area contributed by atoms with E-state index in [9.17, 15) is 4.79 Å². The van der Waals surface area contributed by atoms with Crippen molar-refractivity contribution in [2.24, 2.45) is 9.98 Å². The monoisotopic (exact) mass is 182 g/mol. The first kappa shape index (κ1) is 8.33. The summed E-state index contributed by atoms with van der Waals surface area (Å²) in [7, 11) is 0. The molecule has 6 heteroatoms. The van der Waals surface area contributed by atoms with Crippen molar-refractivity contribution in [1.82, 2.24) is 10.4 Å². The number of hydrogen-bond acceptors (Lipinski definition) is 5. The molecule has 1 saturated heterocycles. The molecular formula is C7H10N4O2. The average Bonchev–Trinajstić information content (AvgIpc) is 2.49. The van der Waals surface area contributed by atoms with E-state index < -0.39 is 0 Å². The van der Waals surface area contributed by atoms with Crippen LogP contribution in [-0.4, -0.2) is 53.8 Å². The summed E-state index contributed by atoms with van der Waals surface area (Å²) >= 11 is 0. The Morgan fingerprint density at radius 2 is 2.46 bits per heavy atom. The summed E-state index contributed by atoms with van der Waals surface area (Å²) in [5.74, 6) is 0.486. The molecule has 2 aliphatic heterocycles. The van der Waals surface area contributed by atoms with Crippen LogP contribution < -0.4 is 5.43 Å². The molecule has 2 aliphatic rings. The highest BCUT2D eigenvalue weighted by Crippen LogP contribution is 2.04. The second-order valence-electron chi connectivity index (χ2n) is 2.80. The van der Waals surface area contributed by atoms with Crippen molar-refractivity contribution >= 4 is 17.5 Å². The fraction of sp³-hybridized carbons (Fsp3) is 0.571. The van der Waals surface area contributed by atoms with Gasteiger partial charge < -0.3 is 5.11 Å². The molecule has 0 aromatic rings. The van der Waals surface area contributed by atoms with Crippen LogP contribution in [-0.2, 0) is 4.79 Å². The lowest BCUT2D eigenvalue weighted by Crippen LogP contribution is -2.38. The largest absolute Gasteiger partial charge is 0.394 e. The molecular weight excluding hydrogens is 172 g/mol. The van der Waals surface area contributed by atoms with Crippen LogP contribution in [0.15, 0.2) is 9.98 Å². The van der Waals surface area contributed by atoms with Gasteiger partial charge in [0.05, 0.1) is 19.7 Å². The maximum atomic E-state index is 10.9. The number of rotatable bonds is 2. The van der Waals surface area contributed by atoms with E-state index in [1.165, 1.54) is 0 Å². The van der Waals surface area contributed by atoms with Crippen molar-refractivity contribution in [3.63, 3.8) is 0 Å². The third-order valence-corrected chi connectivity index (χ3v) is 1.90. The van der Waals surface area contributed by atoms with Crippen molar-refractivity contribution in [2.45, 2.75) is 0 Å². The van der Waals surface area contributed by atoms with Gasteiger partial charge in [0.25, 0.3) is 5.91 Å². The number of nitrogens with zero attached hydrogens (tertiary/aromatic N) is 3. The number of fused-ring (bicyclic) bond motifs is 1. The highest BCUT2D eigenvalue weighted by molar-refractivity contribution is 6.45. The van der Waals surface area contributed by atoms with Gasteiger partial charge in [0.15, 0.2) is 5.84 Å². The SMILES string of the molecule is O=C1CN=C2C(=N1)CNN2CCO. The standard InChI is InChI=1S/C7H10N4O2/c12-2-1-11-7-5(3-9-11)10-6(13)4-8-7/h9,12H,1-4H2. The summed E-state index contributed by atoms with van der Waals surface area (Å²) in [5.41, 5.74) is 3.65. The number of aliphatic imine (C=N–C) groups is 2. The van der Waals surface area contributed by atoms with Crippen molar-refractivity contribution in [1.29, 1.82) is 0 Å². The second kappa shape index (κ2) is 3.23. The Hall–Kier alpha value is -1.27. The van der Waals surface area contributed by atoms with E-state index in [4.69, 9.17) is 5.11 Å². The molecule has 0 saturated carbocycles. The highest BCUT2D eigenvalue weighted by Gasteiger charge is 2.27. The van der Waals surface area contributed by atoms with E-state index in [1.54, 1.807) is 5.01 Å². The van der Waals surface area contributed by atoms with Gasteiger partial charge in [-0.05, 0) is 0 Å². The van der Waals surface area contributed by atoms with Crippen molar-refractivity contribution in [2.75, 3.05) is 26.2 Å². The van der Waals surface area contributed by atoms with E-state index in [0.717, 1.165) is 0 Å². The minimum Gasteiger partial charge on any atom is -0.394 e. The smallest absolute Gasteiger partial charge is 0.267 e. The van der Waals surface area contributed by atoms with Gasteiger partial charge in [-0.15, -0.1) is 0 Å². The summed E-state index contributed by atoms with van der Waals surface area (Å²) in [6.07, 6.45) is 0. The first-order valence-electron chi connectivity index (χ1n) is 4.08.